The molecular weight excluding hydrogens is 310 g/mol. The van der Waals surface area contributed by atoms with E-state index in [9.17, 15) is 0 Å². The number of hydrogen-bond acceptors (Lipinski definition) is 4. The monoisotopic (exact) mass is 327 g/mol. The summed E-state index contributed by atoms with van der Waals surface area (Å²) in [5.74, 6) is 0.883. The number of nitrogens with one attached hydrogen (secondary N) is 2. The Morgan fingerprint density at radius 1 is 1.30 bits per heavy atom. The van der Waals surface area contributed by atoms with E-state index >= 15 is 0 Å². The largest absolute Gasteiger partial charge is 0.354 e. The van der Waals surface area contributed by atoms with Crippen molar-refractivity contribution in [2.75, 3.05) is 18.0 Å². The van der Waals surface area contributed by atoms with Gasteiger partial charge in [0.2, 0.25) is 0 Å². The van der Waals surface area contributed by atoms with Gasteiger partial charge in [-0.2, -0.15) is 5.10 Å². The predicted molar refractivity (Wildman–Crippen MR) is 92.8 cm³/mol. The summed E-state index contributed by atoms with van der Waals surface area (Å²) in [6.45, 7) is 2.73. The zero-order valence-electron chi connectivity index (χ0n) is 12.7. The number of nitrogens with zero attached hydrogens (tertiary/aromatic N) is 3. The molecule has 4 rings (SSSR count). The SMILES string of the molecule is Clc1cccnc1N1CC[C@@H](NCc2cccc3cn[nH]c23)C1. The van der Waals surface area contributed by atoms with E-state index in [0.717, 1.165) is 47.8 Å². The molecule has 2 N–H and O–H groups in total. The third-order valence-corrected chi connectivity index (χ3v) is 4.67. The maximum Gasteiger partial charge on any atom is 0.147 e. The average Bonchev–Trinajstić information content (AvgIpc) is 3.22. The summed E-state index contributed by atoms with van der Waals surface area (Å²) in [6, 6.07) is 10.5. The Bertz CT molecular complexity index is 815. The lowest BCUT2D eigenvalue weighted by atomic mass is 10.1. The molecule has 0 aliphatic carbocycles. The van der Waals surface area contributed by atoms with E-state index in [2.05, 4.69) is 43.6 Å². The molecule has 1 aliphatic heterocycles. The topological polar surface area (TPSA) is 56.8 Å². The van der Waals surface area contributed by atoms with Gasteiger partial charge >= 0.3 is 0 Å². The van der Waals surface area contributed by atoms with E-state index < -0.39 is 0 Å². The van der Waals surface area contributed by atoms with E-state index in [4.69, 9.17) is 11.6 Å². The van der Waals surface area contributed by atoms with E-state index in [1.54, 1.807) is 6.20 Å². The zero-order valence-corrected chi connectivity index (χ0v) is 13.4. The van der Waals surface area contributed by atoms with Crippen LogP contribution in [0.25, 0.3) is 10.9 Å². The zero-order chi connectivity index (χ0) is 15.6. The lowest BCUT2D eigenvalue weighted by Gasteiger charge is -2.19. The number of para-hydroxylation sites is 1. The van der Waals surface area contributed by atoms with Gasteiger partial charge in [-0.3, -0.25) is 5.10 Å². The minimum absolute atomic E-state index is 0.436. The lowest BCUT2D eigenvalue weighted by molar-refractivity contribution is 0.552. The number of halogens is 1. The third kappa shape index (κ3) is 2.90. The molecule has 0 bridgehead atoms. The number of rotatable bonds is 4. The second-order valence-electron chi connectivity index (χ2n) is 5.87. The molecule has 6 heteroatoms. The Labute approximate surface area is 139 Å². The fourth-order valence-electron chi connectivity index (χ4n) is 3.16. The summed E-state index contributed by atoms with van der Waals surface area (Å²) >= 11 is 6.24. The average molecular weight is 328 g/mol. The number of fused-ring (bicyclic) bond motifs is 1. The van der Waals surface area contributed by atoms with Crippen LogP contribution in [0.2, 0.25) is 5.02 Å². The van der Waals surface area contributed by atoms with Crippen LogP contribution in [0.3, 0.4) is 0 Å². The molecule has 0 saturated carbocycles. The van der Waals surface area contributed by atoms with Crippen LogP contribution in [0.4, 0.5) is 5.82 Å². The summed E-state index contributed by atoms with van der Waals surface area (Å²) in [6.07, 6.45) is 4.74. The van der Waals surface area contributed by atoms with Crippen molar-refractivity contribution < 1.29 is 0 Å². The summed E-state index contributed by atoms with van der Waals surface area (Å²) in [5.41, 5.74) is 2.36. The van der Waals surface area contributed by atoms with Crippen LogP contribution in [0.15, 0.2) is 42.7 Å². The first kappa shape index (κ1) is 14.5. The molecule has 0 amide bonds. The second-order valence-corrected chi connectivity index (χ2v) is 6.28. The fraction of sp³-hybridized carbons (Fsp3) is 0.294. The molecule has 5 nitrogen and oxygen atoms in total. The number of anilines is 1. The van der Waals surface area contributed by atoms with Crippen LogP contribution in [0.1, 0.15) is 12.0 Å². The van der Waals surface area contributed by atoms with Crippen molar-refractivity contribution in [3.63, 3.8) is 0 Å². The van der Waals surface area contributed by atoms with Crippen LogP contribution >= 0.6 is 11.6 Å². The van der Waals surface area contributed by atoms with E-state index in [0.29, 0.717) is 6.04 Å². The van der Waals surface area contributed by atoms with Gasteiger partial charge in [-0.1, -0.05) is 29.8 Å². The molecule has 2 aromatic heterocycles. The summed E-state index contributed by atoms with van der Waals surface area (Å²) in [7, 11) is 0. The van der Waals surface area contributed by atoms with Gasteiger partial charge in [0, 0.05) is 37.3 Å². The molecule has 23 heavy (non-hydrogen) atoms. The molecule has 1 aliphatic rings. The molecule has 1 saturated heterocycles. The normalized spacial score (nSPS) is 18.0. The van der Waals surface area contributed by atoms with Crippen LogP contribution in [0, 0.1) is 0 Å². The molecular formula is C17H18ClN5. The van der Waals surface area contributed by atoms with Crippen molar-refractivity contribution in [1.82, 2.24) is 20.5 Å². The summed E-state index contributed by atoms with van der Waals surface area (Å²) < 4.78 is 0. The van der Waals surface area contributed by atoms with Crippen LogP contribution < -0.4 is 10.2 Å². The first-order valence-electron chi connectivity index (χ1n) is 7.81. The highest BCUT2D eigenvalue weighted by Gasteiger charge is 2.24. The first-order valence-corrected chi connectivity index (χ1v) is 8.19. The van der Waals surface area contributed by atoms with E-state index in [1.807, 2.05) is 18.3 Å². The van der Waals surface area contributed by atoms with Crippen molar-refractivity contribution in [3.05, 3.63) is 53.3 Å². The van der Waals surface area contributed by atoms with Crippen LogP contribution in [-0.2, 0) is 6.54 Å². The van der Waals surface area contributed by atoms with Gasteiger partial charge in [-0.25, -0.2) is 4.98 Å². The third-order valence-electron chi connectivity index (χ3n) is 4.37. The molecule has 0 radical (unpaired) electrons. The smallest absolute Gasteiger partial charge is 0.147 e. The molecule has 0 unspecified atom stereocenters. The van der Waals surface area contributed by atoms with Gasteiger partial charge < -0.3 is 10.2 Å². The number of H-pyrrole nitrogens is 1. The second kappa shape index (κ2) is 6.18. The van der Waals surface area contributed by atoms with Crippen molar-refractivity contribution in [3.8, 4) is 0 Å². The Morgan fingerprint density at radius 3 is 3.17 bits per heavy atom. The molecule has 1 aromatic carbocycles. The van der Waals surface area contributed by atoms with Gasteiger partial charge in [0.25, 0.3) is 0 Å². The Morgan fingerprint density at radius 2 is 2.26 bits per heavy atom. The molecule has 3 heterocycles. The quantitative estimate of drug-likeness (QED) is 0.773. The Balaban J connectivity index is 1.41. The van der Waals surface area contributed by atoms with Gasteiger partial charge in [0.1, 0.15) is 5.82 Å². The number of benzene rings is 1. The molecule has 0 spiro atoms. The van der Waals surface area contributed by atoms with E-state index in [-0.39, 0.29) is 0 Å². The van der Waals surface area contributed by atoms with Crippen molar-refractivity contribution >= 4 is 28.3 Å². The number of hydrogen-bond donors (Lipinski definition) is 2. The van der Waals surface area contributed by atoms with Gasteiger partial charge in [0.05, 0.1) is 16.7 Å². The standard InChI is InChI=1S/C17H18ClN5/c18-15-5-2-7-19-17(15)23-8-6-14(11-23)20-9-12-3-1-4-13-10-21-22-16(12)13/h1-5,7,10,14,20H,6,8-9,11H2,(H,21,22)/t14-/m1/s1. The van der Waals surface area contributed by atoms with Crippen LogP contribution in [-0.4, -0.2) is 34.3 Å². The minimum Gasteiger partial charge on any atom is -0.354 e. The molecule has 3 aromatic rings. The summed E-state index contributed by atoms with van der Waals surface area (Å²) in [4.78, 5) is 6.65. The van der Waals surface area contributed by atoms with Crippen molar-refractivity contribution in [1.29, 1.82) is 0 Å². The minimum atomic E-state index is 0.436. The molecule has 1 atom stereocenters. The fourth-order valence-corrected chi connectivity index (χ4v) is 3.40. The van der Waals surface area contributed by atoms with Crippen molar-refractivity contribution in [2.45, 2.75) is 19.0 Å². The number of aromatic amines is 1. The highest BCUT2D eigenvalue weighted by atomic mass is 35.5. The first-order chi connectivity index (χ1) is 11.3. The lowest BCUT2D eigenvalue weighted by Crippen LogP contribution is -2.32. The Hall–Kier alpha value is -2.11. The van der Waals surface area contributed by atoms with Gasteiger partial charge in [0.15, 0.2) is 0 Å². The highest BCUT2D eigenvalue weighted by molar-refractivity contribution is 6.32. The molecule has 1 fully saturated rings. The maximum absolute atomic E-state index is 6.24. The highest BCUT2D eigenvalue weighted by Crippen LogP contribution is 2.26. The number of aromatic nitrogens is 3. The van der Waals surface area contributed by atoms with Crippen molar-refractivity contribution in [2.24, 2.45) is 0 Å². The van der Waals surface area contributed by atoms with Crippen LogP contribution in [0.5, 0.6) is 0 Å². The number of pyridine rings is 1. The maximum atomic E-state index is 6.24. The predicted octanol–water partition coefficient (Wildman–Crippen LogP) is 2.98. The Kier molecular flexibility index (Phi) is 3.89. The van der Waals surface area contributed by atoms with Gasteiger partial charge in [-0.05, 0) is 24.1 Å². The van der Waals surface area contributed by atoms with E-state index in [1.165, 1.54) is 5.56 Å². The summed E-state index contributed by atoms with van der Waals surface area (Å²) in [5, 5.41) is 12.7. The molecule has 118 valence electrons. The van der Waals surface area contributed by atoms with Gasteiger partial charge in [-0.15, -0.1) is 0 Å².